The van der Waals surface area contributed by atoms with Crippen molar-refractivity contribution in [3.63, 3.8) is 0 Å². The second-order valence-electron chi connectivity index (χ2n) is 7.30. The lowest BCUT2D eigenvalue weighted by atomic mass is 9.98. The molecule has 6 nitrogen and oxygen atoms in total. The molecule has 1 amide bonds. The smallest absolute Gasteiger partial charge is 0.248 e. The number of benzene rings is 3. The molecular formula is C25H20N2O4. The molecule has 0 saturated carbocycles. The third kappa shape index (κ3) is 3.99. The van der Waals surface area contributed by atoms with Gasteiger partial charge in [-0.25, -0.2) is 0 Å². The summed E-state index contributed by atoms with van der Waals surface area (Å²) in [6.07, 6.45) is -0.141. The lowest BCUT2D eigenvalue weighted by Crippen LogP contribution is -2.17. The average molecular weight is 412 g/mol. The van der Waals surface area contributed by atoms with Crippen molar-refractivity contribution in [1.29, 1.82) is 5.26 Å². The predicted octanol–water partition coefficient (Wildman–Crippen LogP) is 4.10. The molecule has 6 heteroatoms. The van der Waals surface area contributed by atoms with Crippen LogP contribution in [0.15, 0.2) is 60.7 Å². The van der Waals surface area contributed by atoms with Gasteiger partial charge in [0, 0.05) is 17.5 Å². The van der Waals surface area contributed by atoms with E-state index in [1.165, 1.54) is 0 Å². The topological polar surface area (TPSA) is 102 Å². The van der Waals surface area contributed by atoms with Gasteiger partial charge in [-0.05, 0) is 54.4 Å². The fourth-order valence-electron chi connectivity index (χ4n) is 3.60. The number of nitriles is 1. The number of primary amides is 1. The second kappa shape index (κ2) is 8.33. The standard InChI is InChI=1S/C25H20N2O4/c1-15-22(11-10-20-21(28)12-13-30-23(15)20)31-24(17-4-2-16(14-26)3-5-17)18-6-8-19(9-7-18)25(27)29/h2-11,24H,12-13H2,1H3,(H2,27,29). The molecule has 3 aromatic rings. The number of nitrogens with zero attached hydrogens (tertiary/aromatic N) is 1. The molecule has 0 spiro atoms. The number of Topliss-reactive ketones (excluding diaryl/α,β-unsaturated/α-hetero) is 1. The number of hydrogen-bond acceptors (Lipinski definition) is 5. The molecule has 3 aromatic carbocycles. The van der Waals surface area contributed by atoms with Crippen molar-refractivity contribution in [3.8, 4) is 17.6 Å². The van der Waals surface area contributed by atoms with E-state index >= 15 is 0 Å². The van der Waals surface area contributed by atoms with E-state index in [0.29, 0.717) is 41.2 Å². The van der Waals surface area contributed by atoms with Gasteiger partial charge in [0.2, 0.25) is 5.91 Å². The highest BCUT2D eigenvalue weighted by Gasteiger charge is 2.24. The number of ether oxygens (including phenoxy) is 2. The SMILES string of the molecule is Cc1c(OC(c2ccc(C#N)cc2)c2ccc(C(N)=O)cc2)ccc2c1OCCC2=O. The van der Waals surface area contributed by atoms with Crippen molar-refractivity contribution in [2.75, 3.05) is 6.61 Å². The number of rotatable bonds is 5. The maximum Gasteiger partial charge on any atom is 0.248 e. The maximum atomic E-state index is 12.2. The van der Waals surface area contributed by atoms with E-state index in [4.69, 9.17) is 20.5 Å². The summed E-state index contributed by atoms with van der Waals surface area (Å²) in [5.41, 5.74) is 9.26. The van der Waals surface area contributed by atoms with Gasteiger partial charge in [0.05, 0.1) is 23.8 Å². The van der Waals surface area contributed by atoms with Gasteiger partial charge in [-0.3, -0.25) is 9.59 Å². The highest BCUT2D eigenvalue weighted by molar-refractivity contribution is 6.00. The highest BCUT2D eigenvalue weighted by atomic mass is 16.5. The van der Waals surface area contributed by atoms with Crippen LogP contribution in [0.1, 0.15) is 55.5 Å². The van der Waals surface area contributed by atoms with E-state index in [1.807, 2.05) is 19.1 Å². The first kappa shape index (κ1) is 20.2. The van der Waals surface area contributed by atoms with Crippen molar-refractivity contribution in [3.05, 3.63) is 94.0 Å². The van der Waals surface area contributed by atoms with Crippen LogP contribution in [0.3, 0.4) is 0 Å². The minimum absolute atomic E-state index is 0.0570. The molecule has 1 atom stereocenters. The minimum Gasteiger partial charge on any atom is -0.492 e. The molecule has 0 aliphatic carbocycles. The van der Waals surface area contributed by atoms with E-state index < -0.39 is 12.0 Å². The zero-order valence-electron chi connectivity index (χ0n) is 16.9. The molecule has 1 heterocycles. The monoisotopic (exact) mass is 412 g/mol. The molecule has 1 aliphatic heterocycles. The molecule has 0 fully saturated rings. The van der Waals surface area contributed by atoms with E-state index in [9.17, 15) is 9.59 Å². The second-order valence-corrected chi connectivity index (χ2v) is 7.30. The number of amides is 1. The summed E-state index contributed by atoms with van der Waals surface area (Å²) >= 11 is 0. The van der Waals surface area contributed by atoms with Crippen LogP contribution in [-0.4, -0.2) is 18.3 Å². The van der Waals surface area contributed by atoms with Crippen LogP contribution in [-0.2, 0) is 0 Å². The van der Waals surface area contributed by atoms with Gasteiger partial charge in [0.1, 0.15) is 17.6 Å². The zero-order valence-corrected chi connectivity index (χ0v) is 16.9. The van der Waals surface area contributed by atoms with Gasteiger partial charge >= 0.3 is 0 Å². The van der Waals surface area contributed by atoms with Crippen molar-refractivity contribution < 1.29 is 19.1 Å². The van der Waals surface area contributed by atoms with Crippen LogP contribution in [0, 0.1) is 18.3 Å². The van der Waals surface area contributed by atoms with Crippen molar-refractivity contribution in [2.45, 2.75) is 19.4 Å². The first-order chi connectivity index (χ1) is 15.0. The summed E-state index contributed by atoms with van der Waals surface area (Å²) in [6, 6.07) is 19.6. The molecular weight excluding hydrogens is 392 g/mol. The predicted molar refractivity (Wildman–Crippen MR) is 114 cm³/mol. The Hall–Kier alpha value is -4.11. The van der Waals surface area contributed by atoms with Crippen molar-refractivity contribution in [2.24, 2.45) is 5.73 Å². The van der Waals surface area contributed by atoms with Gasteiger partial charge in [0.25, 0.3) is 0 Å². The van der Waals surface area contributed by atoms with Crippen LogP contribution in [0.4, 0.5) is 0 Å². The third-order valence-electron chi connectivity index (χ3n) is 5.32. The zero-order chi connectivity index (χ0) is 22.0. The Morgan fingerprint density at radius 2 is 1.71 bits per heavy atom. The lowest BCUT2D eigenvalue weighted by molar-refractivity contribution is 0.0931. The fourth-order valence-corrected chi connectivity index (χ4v) is 3.60. The molecule has 0 aromatic heterocycles. The van der Waals surface area contributed by atoms with Crippen LogP contribution in [0.2, 0.25) is 0 Å². The molecule has 154 valence electrons. The maximum absolute atomic E-state index is 12.2. The van der Waals surface area contributed by atoms with Crippen molar-refractivity contribution >= 4 is 11.7 Å². The number of ketones is 1. The largest absolute Gasteiger partial charge is 0.492 e. The molecule has 0 bridgehead atoms. The molecule has 31 heavy (non-hydrogen) atoms. The number of nitrogens with two attached hydrogens (primary N) is 1. The highest BCUT2D eigenvalue weighted by Crippen LogP contribution is 2.38. The van der Waals surface area contributed by atoms with Crippen molar-refractivity contribution in [1.82, 2.24) is 0 Å². The number of fused-ring (bicyclic) bond motifs is 1. The Morgan fingerprint density at radius 3 is 2.32 bits per heavy atom. The van der Waals surface area contributed by atoms with E-state index in [1.54, 1.807) is 48.5 Å². The summed E-state index contributed by atoms with van der Waals surface area (Å²) in [6.45, 7) is 2.21. The van der Waals surface area contributed by atoms with Crippen LogP contribution < -0.4 is 15.2 Å². The Balaban J connectivity index is 1.75. The van der Waals surface area contributed by atoms with Gasteiger partial charge in [-0.15, -0.1) is 0 Å². The summed E-state index contributed by atoms with van der Waals surface area (Å²) < 4.78 is 12.1. The molecule has 2 N–H and O–H groups in total. The van der Waals surface area contributed by atoms with E-state index in [0.717, 1.165) is 16.7 Å². The summed E-state index contributed by atoms with van der Waals surface area (Å²) in [4.78, 5) is 23.6. The summed E-state index contributed by atoms with van der Waals surface area (Å²) in [5.74, 6) is 0.689. The Bertz CT molecular complexity index is 1190. The van der Waals surface area contributed by atoms with Crippen LogP contribution in [0.25, 0.3) is 0 Å². The van der Waals surface area contributed by atoms with Gasteiger partial charge in [0.15, 0.2) is 5.78 Å². The number of carbonyl (C=O) groups excluding carboxylic acids is 2. The Kier molecular flexibility index (Phi) is 5.42. The van der Waals surface area contributed by atoms with Gasteiger partial charge in [-0.2, -0.15) is 5.26 Å². The van der Waals surface area contributed by atoms with Gasteiger partial charge in [-0.1, -0.05) is 24.3 Å². The fraction of sp³-hybridized carbons (Fsp3) is 0.160. The Morgan fingerprint density at radius 1 is 1.06 bits per heavy atom. The third-order valence-corrected chi connectivity index (χ3v) is 5.32. The molecule has 4 rings (SSSR count). The number of hydrogen-bond donors (Lipinski definition) is 1. The quantitative estimate of drug-likeness (QED) is 0.680. The van der Waals surface area contributed by atoms with Gasteiger partial charge < -0.3 is 15.2 Å². The normalized spacial score (nSPS) is 13.5. The molecule has 0 radical (unpaired) electrons. The van der Waals surface area contributed by atoms with E-state index in [-0.39, 0.29) is 5.78 Å². The average Bonchev–Trinajstić information content (AvgIpc) is 2.79. The first-order valence-corrected chi connectivity index (χ1v) is 9.84. The molecule has 1 aliphatic rings. The lowest BCUT2D eigenvalue weighted by Gasteiger charge is -2.24. The van der Waals surface area contributed by atoms with Crippen LogP contribution >= 0.6 is 0 Å². The summed E-state index contributed by atoms with van der Waals surface area (Å²) in [5, 5.41) is 9.11. The minimum atomic E-state index is -0.509. The van der Waals surface area contributed by atoms with Crippen LogP contribution in [0.5, 0.6) is 11.5 Å². The number of carbonyl (C=O) groups is 2. The van der Waals surface area contributed by atoms with E-state index in [2.05, 4.69) is 6.07 Å². The molecule has 1 unspecified atom stereocenters. The molecule has 0 saturated heterocycles. The first-order valence-electron chi connectivity index (χ1n) is 9.84. The Labute approximate surface area is 179 Å². The summed E-state index contributed by atoms with van der Waals surface area (Å²) in [7, 11) is 0.